The summed E-state index contributed by atoms with van der Waals surface area (Å²) in [6.07, 6.45) is 2.84. The highest BCUT2D eigenvalue weighted by Gasteiger charge is 2.59. The van der Waals surface area contributed by atoms with E-state index in [1.165, 1.54) is 24.3 Å². The van der Waals surface area contributed by atoms with Crippen molar-refractivity contribution >= 4 is 11.8 Å². The number of benzene rings is 1. The van der Waals surface area contributed by atoms with Crippen LogP contribution in [0.15, 0.2) is 24.3 Å². The first-order valence-corrected chi connectivity index (χ1v) is 9.87. The summed E-state index contributed by atoms with van der Waals surface area (Å²) < 4.78 is 18.8. The van der Waals surface area contributed by atoms with Crippen LogP contribution in [0.3, 0.4) is 0 Å². The third kappa shape index (κ3) is 3.59. The number of hydrogen-bond donors (Lipinski definition) is 0. The monoisotopic (exact) mass is 374 g/mol. The van der Waals surface area contributed by atoms with E-state index in [0.29, 0.717) is 31.7 Å². The van der Waals surface area contributed by atoms with Gasteiger partial charge in [-0.1, -0.05) is 0 Å². The van der Waals surface area contributed by atoms with Crippen molar-refractivity contribution in [2.75, 3.05) is 26.2 Å². The van der Waals surface area contributed by atoms with Crippen LogP contribution in [0.5, 0.6) is 0 Å². The van der Waals surface area contributed by atoms with Gasteiger partial charge in [-0.05, 0) is 62.8 Å². The Bertz CT molecular complexity index is 717. The Balaban J connectivity index is 1.34. The van der Waals surface area contributed by atoms with Gasteiger partial charge in [0.05, 0.1) is 12.2 Å². The molecule has 1 spiro atoms. The van der Waals surface area contributed by atoms with Gasteiger partial charge < -0.3 is 14.5 Å². The standard InChI is InChI=1S/C21H27FN2O3/c1-14-12-24(13-15(2)27-14)20(26)18-11-21(18)7-9-23(10-8-21)19(25)16-3-5-17(22)6-4-16/h3-6,14-15,18H,7-13H2,1-2H3/t14-,15+,18-/m1/s1. The molecular weight excluding hydrogens is 347 g/mol. The highest BCUT2D eigenvalue weighted by molar-refractivity contribution is 5.94. The number of carbonyl (C=O) groups is 2. The first-order chi connectivity index (χ1) is 12.9. The number of nitrogens with zero attached hydrogens (tertiary/aromatic N) is 2. The number of rotatable bonds is 2. The average Bonchev–Trinajstić information content (AvgIpc) is 3.34. The number of carbonyl (C=O) groups excluding carboxylic acids is 2. The lowest BCUT2D eigenvalue weighted by Gasteiger charge is -2.37. The highest BCUT2D eigenvalue weighted by Crippen LogP contribution is 2.60. The largest absolute Gasteiger partial charge is 0.372 e. The molecule has 5 nitrogen and oxygen atoms in total. The van der Waals surface area contributed by atoms with Crippen LogP contribution in [0.25, 0.3) is 0 Å². The maximum Gasteiger partial charge on any atom is 0.253 e. The fourth-order valence-electron chi connectivity index (χ4n) is 4.76. The van der Waals surface area contributed by atoms with Crippen molar-refractivity contribution < 1.29 is 18.7 Å². The number of amides is 2. The Kier molecular flexibility index (Phi) is 4.70. The number of likely N-dealkylation sites (tertiary alicyclic amines) is 1. The van der Waals surface area contributed by atoms with Crippen molar-refractivity contribution in [3.05, 3.63) is 35.6 Å². The second-order valence-electron chi connectivity index (χ2n) is 8.42. The van der Waals surface area contributed by atoms with E-state index in [4.69, 9.17) is 4.74 Å². The summed E-state index contributed by atoms with van der Waals surface area (Å²) >= 11 is 0. The summed E-state index contributed by atoms with van der Waals surface area (Å²) in [4.78, 5) is 29.3. The van der Waals surface area contributed by atoms with Gasteiger partial charge in [-0.3, -0.25) is 9.59 Å². The summed E-state index contributed by atoms with van der Waals surface area (Å²) in [7, 11) is 0. The third-order valence-electron chi connectivity index (χ3n) is 6.36. The fraction of sp³-hybridized carbons (Fsp3) is 0.619. The summed E-state index contributed by atoms with van der Waals surface area (Å²) in [5.41, 5.74) is 0.591. The van der Waals surface area contributed by atoms with Crippen molar-refractivity contribution in [3.8, 4) is 0 Å². The third-order valence-corrected chi connectivity index (χ3v) is 6.36. The second-order valence-corrected chi connectivity index (χ2v) is 8.42. The van der Waals surface area contributed by atoms with Gasteiger partial charge in [0.1, 0.15) is 5.82 Å². The topological polar surface area (TPSA) is 49.9 Å². The molecule has 27 heavy (non-hydrogen) atoms. The van der Waals surface area contributed by atoms with Crippen molar-refractivity contribution in [2.45, 2.75) is 45.3 Å². The molecule has 1 aromatic carbocycles. The van der Waals surface area contributed by atoms with Crippen LogP contribution >= 0.6 is 0 Å². The molecule has 3 fully saturated rings. The van der Waals surface area contributed by atoms with E-state index in [0.717, 1.165) is 19.3 Å². The number of ether oxygens (including phenoxy) is 1. The lowest BCUT2D eigenvalue weighted by Crippen LogP contribution is -2.49. The summed E-state index contributed by atoms with van der Waals surface area (Å²) in [6.45, 7) is 6.69. The maximum atomic E-state index is 13.1. The average molecular weight is 374 g/mol. The first kappa shape index (κ1) is 18.4. The number of morpholine rings is 1. The normalized spacial score (nSPS) is 29.7. The molecular formula is C21H27FN2O3. The summed E-state index contributed by atoms with van der Waals surface area (Å²) in [5, 5.41) is 0. The van der Waals surface area contributed by atoms with Crippen molar-refractivity contribution in [3.63, 3.8) is 0 Å². The van der Waals surface area contributed by atoms with Gasteiger partial charge in [0.2, 0.25) is 5.91 Å². The molecule has 6 heteroatoms. The maximum absolute atomic E-state index is 13.1. The van der Waals surface area contributed by atoms with Gasteiger partial charge in [0.15, 0.2) is 0 Å². The van der Waals surface area contributed by atoms with Crippen LogP contribution in [0.4, 0.5) is 4.39 Å². The van der Waals surface area contributed by atoms with E-state index in [9.17, 15) is 14.0 Å². The van der Waals surface area contributed by atoms with Crippen LogP contribution < -0.4 is 0 Å². The van der Waals surface area contributed by atoms with Crippen LogP contribution in [-0.2, 0) is 9.53 Å². The van der Waals surface area contributed by atoms with Crippen LogP contribution in [-0.4, -0.2) is 60.0 Å². The Hall–Kier alpha value is -1.95. The van der Waals surface area contributed by atoms with Gasteiger partial charge in [0, 0.05) is 37.7 Å². The van der Waals surface area contributed by atoms with E-state index >= 15 is 0 Å². The molecule has 1 aromatic rings. The number of halogens is 1. The van der Waals surface area contributed by atoms with Gasteiger partial charge in [-0.2, -0.15) is 0 Å². The minimum absolute atomic E-state index is 0.0517. The molecule has 2 amide bonds. The number of piperidine rings is 1. The molecule has 4 rings (SSSR count). The molecule has 3 atom stereocenters. The summed E-state index contributed by atoms with van der Waals surface area (Å²) in [5.74, 6) is -0.0344. The Morgan fingerprint density at radius 2 is 1.63 bits per heavy atom. The fourth-order valence-corrected chi connectivity index (χ4v) is 4.76. The molecule has 2 aliphatic heterocycles. The van der Waals surface area contributed by atoms with Crippen LogP contribution in [0, 0.1) is 17.2 Å². The molecule has 1 aliphatic carbocycles. The summed E-state index contributed by atoms with van der Waals surface area (Å²) in [6, 6.07) is 5.70. The van der Waals surface area contributed by atoms with Gasteiger partial charge in [-0.15, -0.1) is 0 Å². The van der Waals surface area contributed by atoms with Gasteiger partial charge in [0.25, 0.3) is 5.91 Å². The second kappa shape index (κ2) is 6.89. The molecule has 0 unspecified atom stereocenters. The van der Waals surface area contributed by atoms with E-state index < -0.39 is 0 Å². The van der Waals surface area contributed by atoms with E-state index in [1.807, 2.05) is 23.6 Å². The Morgan fingerprint density at radius 3 is 2.22 bits per heavy atom. The molecule has 0 bridgehead atoms. The molecule has 2 saturated heterocycles. The van der Waals surface area contributed by atoms with Gasteiger partial charge in [-0.25, -0.2) is 4.39 Å². The minimum atomic E-state index is -0.338. The number of hydrogen-bond acceptors (Lipinski definition) is 3. The quantitative estimate of drug-likeness (QED) is 0.800. The van der Waals surface area contributed by atoms with Crippen LogP contribution in [0.2, 0.25) is 0 Å². The molecule has 3 aliphatic rings. The molecule has 0 N–H and O–H groups in total. The highest BCUT2D eigenvalue weighted by atomic mass is 19.1. The van der Waals surface area contributed by atoms with Gasteiger partial charge >= 0.3 is 0 Å². The Morgan fingerprint density at radius 1 is 1.04 bits per heavy atom. The minimum Gasteiger partial charge on any atom is -0.372 e. The first-order valence-electron chi connectivity index (χ1n) is 9.87. The predicted octanol–water partition coefficient (Wildman–Crippen LogP) is 2.70. The zero-order chi connectivity index (χ0) is 19.2. The molecule has 2 heterocycles. The van der Waals surface area contributed by atoms with Crippen molar-refractivity contribution in [1.29, 1.82) is 0 Å². The zero-order valence-electron chi connectivity index (χ0n) is 16.0. The van der Waals surface area contributed by atoms with E-state index in [2.05, 4.69) is 0 Å². The molecule has 0 radical (unpaired) electrons. The predicted molar refractivity (Wildman–Crippen MR) is 98.7 cm³/mol. The smallest absolute Gasteiger partial charge is 0.253 e. The lowest BCUT2D eigenvalue weighted by atomic mass is 9.90. The SMILES string of the molecule is C[C@@H]1CN(C(=O)[C@H]2CC23CCN(C(=O)c2ccc(F)cc2)CC3)C[C@H](C)O1. The van der Waals surface area contributed by atoms with E-state index in [1.54, 1.807) is 0 Å². The van der Waals surface area contributed by atoms with Crippen LogP contribution in [0.1, 0.15) is 43.5 Å². The van der Waals surface area contributed by atoms with Crippen molar-refractivity contribution in [1.82, 2.24) is 9.80 Å². The van der Waals surface area contributed by atoms with Crippen molar-refractivity contribution in [2.24, 2.45) is 11.3 Å². The molecule has 0 aromatic heterocycles. The molecule has 146 valence electrons. The Labute approximate surface area is 159 Å². The lowest BCUT2D eigenvalue weighted by molar-refractivity contribution is -0.145. The zero-order valence-corrected chi connectivity index (χ0v) is 16.0. The van der Waals surface area contributed by atoms with E-state index in [-0.39, 0.29) is 41.2 Å². The molecule has 1 saturated carbocycles.